The van der Waals surface area contributed by atoms with Crippen LogP contribution in [-0.2, 0) is 9.53 Å². The van der Waals surface area contributed by atoms with Crippen LogP contribution in [0.1, 0.15) is 29.8 Å². The van der Waals surface area contributed by atoms with Crippen molar-refractivity contribution in [2.24, 2.45) is 4.99 Å². The molecule has 0 fully saturated rings. The Hall–Kier alpha value is -3.94. The third-order valence-electron chi connectivity index (χ3n) is 5.28. The van der Waals surface area contributed by atoms with Crippen LogP contribution in [-0.4, -0.2) is 40.6 Å². The van der Waals surface area contributed by atoms with Crippen molar-refractivity contribution in [2.75, 3.05) is 14.2 Å². The Kier molecular flexibility index (Phi) is 5.77. The first-order chi connectivity index (χ1) is 15.4. The number of hydrogen-bond donors (Lipinski definition) is 0. The van der Waals surface area contributed by atoms with Gasteiger partial charge in [0.05, 0.1) is 38.0 Å². The second-order valence-corrected chi connectivity index (χ2v) is 7.38. The van der Waals surface area contributed by atoms with Crippen molar-refractivity contribution in [3.05, 3.63) is 83.3 Å². The number of imidazole rings is 1. The van der Waals surface area contributed by atoms with E-state index in [0.717, 1.165) is 22.5 Å². The summed E-state index contributed by atoms with van der Waals surface area (Å²) in [6.07, 6.45) is 5.31. The zero-order chi connectivity index (χ0) is 22.8. The second kappa shape index (κ2) is 8.66. The Morgan fingerprint density at radius 3 is 2.47 bits per heavy atom. The van der Waals surface area contributed by atoms with Crippen molar-refractivity contribution in [3.63, 3.8) is 0 Å². The SMILES string of the molecule is COC1=NC(=Cc2ccc(-n3cnc(C)c3)c(OC)c2)C(=O)N1[C@@H](C)c1ccc(F)cc1. The van der Waals surface area contributed by atoms with Gasteiger partial charge in [0.15, 0.2) is 0 Å². The fourth-order valence-electron chi connectivity index (χ4n) is 3.59. The molecule has 0 aliphatic carbocycles. The smallest absolute Gasteiger partial charge is 0.300 e. The summed E-state index contributed by atoms with van der Waals surface area (Å²) < 4.78 is 26.1. The van der Waals surface area contributed by atoms with E-state index >= 15 is 0 Å². The molecule has 0 bridgehead atoms. The summed E-state index contributed by atoms with van der Waals surface area (Å²) in [6, 6.07) is 11.4. The van der Waals surface area contributed by atoms with Gasteiger partial charge in [0.2, 0.25) is 0 Å². The van der Waals surface area contributed by atoms with Gasteiger partial charge < -0.3 is 14.0 Å². The molecule has 0 unspecified atom stereocenters. The highest BCUT2D eigenvalue weighted by Gasteiger charge is 2.35. The van der Waals surface area contributed by atoms with Gasteiger partial charge in [-0.05, 0) is 55.3 Å². The molecule has 1 amide bonds. The minimum absolute atomic E-state index is 0.190. The minimum Gasteiger partial charge on any atom is -0.495 e. The number of carbonyl (C=O) groups excluding carboxylic acids is 1. The lowest BCUT2D eigenvalue weighted by Gasteiger charge is -2.24. The van der Waals surface area contributed by atoms with Gasteiger partial charge in [-0.2, -0.15) is 4.99 Å². The molecule has 0 N–H and O–H groups in total. The summed E-state index contributed by atoms with van der Waals surface area (Å²) in [4.78, 5) is 23.2. The number of amides is 1. The zero-order valence-corrected chi connectivity index (χ0v) is 18.2. The normalized spacial score (nSPS) is 15.8. The maximum absolute atomic E-state index is 13.3. The number of carbonyl (C=O) groups is 1. The van der Waals surface area contributed by atoms with E-state index in [9.17, 15) is 9.18 Å². The second-order valence-electron chi connectivity index (χ2n) is 7.38. The zero-order valence-electron chi connectivity index (χ0n) is 18.2. The van der Waals surface area contributed by atoms with E-state index in [-0.39, 0.29) is 29.5 Å². The molecule has 0 saturated carbocycles. The Labute approximate surface area is 185 Å². The summed E-state index contributed by atoms with van der Waals surface area (Å²) in [5, 5.41) is 0. The predicted molar refractivity (Wildman–Crippen MR) is 119 cm³/mol. The number of hydrogen-bond acceptors (Lipinski definition) is 5. The molecule has 0 saturated heterocycles. The van der Waals surface area contributed by atoms with Crippen LogP contribution in [0.25, 0.3) is 11.8 Å². The number of methoxy groups -OCH3 is 2. The van der Waals surface area contributed by atoms with E-state index in [1.807, 2.05) is 42.8 Å². The fourth-order valence-corrected chi connectivity index (χ4v) is 3.59. The number of aryl methyl sites for hydroxylation is 1. The molecule has 164 valence electrons. The van der Waals surface area contributed by atoms with Crippen molar-refractivity contribution in [1.82, 2.24) is 14.5 Å². The molecule has 1 atom stereocenters. The number of rotatable bonds is 5. The molecule has 1 aromatic heterocycles. The van der Waals surface area contributed by atoms with Gasteiger partial charge in [-0.15, -0.1) is 0 Å². The average Bonchev–Trinajstić information content (AvgIpc) is 3.36. The van der Waals surface area contributed by atoms with E-state index in [4.69, 9.17) is 9.47 Å². The van der Waals surface area contributed by atoms with E-state index in [0.29, 0.717) is 5.75 Å². The van der Waals surface area contributed by atoms with Crippen molar-refractivity contribution in [3.8, 4) is 11.4 Å². The molecule has 4 rings (SSSR count). The van der Waals surface area contributed by atoms with Crippen LogP contribution in [0.3, 0.4) is 0 Å². The van der Waals surface area contributed by atoms with E-state index in [2.05, 4.69) is 9.98 Å². The topological polar surface area (TPSA) is 69.0 Å². The van der Waals surface area contributed by atoms with E-state index in [1.165, 1.54) is 24.1 Å². The number of ether oxygens (including phenoxy) is 2. The highest BCUT2D eigenvalue weighted by atomic mass is 19.1. The lowest BCUT2D eigenvalue weighted by molar-refractivity contribution is -0.124. The van der Waals surface area contributed by atoms with Gasteiger partial charge in [-0.25, -0.2) is 9.37 Å². The molecule has 2 heterocycles. The monoisotopic (exact) mass is 434 g/mol. The van der Waals surface area contributed by atoms with Crippen LogP contribution in [0.15, 0.2) is 65.7 Å². The third-order valence-corrected chi connectivity index (χ3v) is 5.28. The van der Waals surface area contributed by atoms with Crippen molar-refractivity contribution in [1.29, 1.82) is 0 Å². The summed E-state index contributed by atoms with van der Waals surface area (Å²) in [6.45, 7) is 3.76. The third kappa shape index (κ3) is 3.99. The lowest BCUT2D eigenvalue weighted by atomic mass is 10.1. The van der Waals surface area contributed by atoms with Crippen LogP contribution in [0.5, 0.6) is 5.75 Å². The molecule has 2 aromatic carbocycles. The largest absolute Gasteiger partial charge is 0.495 e. The van der Waals surface area contributed by atoms with E-state index in [1.54, 1.807) is 31.6 Å². The van der Waals surface area contributed by atoms with Crippen LogP contribution < -0.4 is 4.74 Å². The fraction of sp³-hybridized carbons (Fsp3) is 0.208. The Morgan fingerprint density at radius 2 is 1.84 bits per heavy atom. The highest BCUT2D eigenvalue weighted by Crippen LogP contribution is 2.30. The molecule has 0 radical (unpaired) electrons. The van der Waals surface area contributed by atoms with Gasteiger partial charge in [0.1, 0.15) is 17.3 Å². The van der Waals surface area contributed by atoms with Crippen LogP contribution >= 0.6 is 0 Å². The number of benzene rings is 2. The summed E-state index contributed by atoms with van der Waals surface area (Å²) in [7, 11) is 3.05. The van der Waals surface area contributed by atoms with Crippen molar-refractivity contribution in [2.45, 2.75) is 19.9 Å². The lowest BCUT2D eigenvalue weighted by Crippen LogP contribution is -2.35. The molecule has 32 heavy (non-hydrogen) atoms. The quantitative estimate of drug-likeness (QED) is 0.563. The number of aromatic nitrogens is 2. The van der Waals surface area contributed by atoms with Crippen LogP contribution in [0.4, 0.5) is 4.39 Å². The van der Waals surface area contributed by atoms with Crippen molar-refractivity contribution >= 4 is 18.0 Å². The molecule has 8 heteroatoms. The maximum atomic E-state index is 13.3. The molecule has 1 aliphatic heterocycles. The Bertz CT molecular complexity index is 1210. The molecular weight excluding hydrogens is 411 g/mol. The van der Waals surface area contributed by atoms with Crippen LogP contribution in [0, 0.1) is 12.7 Å². The molecule has 0 spiro atoms. The summed E-state index contributed by atoms with van der Waals surface area (Å²) in [5.74, 6) is -0.000192. The maximum Gasteiger partial charge on any atom is 0.300 e. The average molecular weight is 434 g/mol. The first kappa shape index (κ1) is 21.3. The van der Waals surface area contributed by atoms with Gasteiger partial charge in [0.25, 0.3) is 11.9 Å². The van der Waals surface area contributed by atoms with Crippen molar-refractivity contribution < 1.29 is 18.7 Å². The summed E-state index contributed by atoms with van der Waals surface area (Å²) in [5.41, 5.74) is 3.49. The highest BCUT2D eigenvalue weighted by molar-refractivity contribution is 6.12. The molecule has 1 aliphatic rings. The first-order valence-electron chi connectivity index (χ1n) is 10.0. The van der Waals surface area contributed by atoms with Gasteiger partial charge in [-0.3, -0.25) is 9.69 Å². The van der Waals surface area contributed by atoms with Gasteiger partial charge in [-0.1, -0.05) is 18.2 Å². The number of nitrogens with zero attached hydrogens (tertiary/aromatic N) is 4. The number of aliphatic imine (C=N–C) groups is 1. The molecule has 7 nitrogen and oxygen atoms in total. The predicted octanol–water partition coefficient (Wildman–Crippen LogP) is 4.28. The minimum atomic E-state index is -0.380. The number of amidine groups is 1. The first-order valence-corrected chi connectivity index (χ1v) is 10.0. The standard InChI is InChI=1S/C24H23FN4O3/c1-15-13-28(14-26-15)21-10-5-17(12-22(21)31-3)11-20-23(30)29(24(27-20)32-4)16(2)18-6-8-19(25)9-7-18/h5-14,16H,1-4H3/t16-/m0/s1. The number of halogens is 1. The van der Waals surface area contributed by atoms with Gasteiger partial charge in [0, 0.05) is 6.20 Å². The Balaban J connectivity index is 1.65. The van der Waals surface area contributed by atoms with Gasteiger partial charge >= 0.3 is 0 Å². The van der Waals surface area contributed by atoms with Crippen LogP contribution in [0.2, 0.25) is 0 Å². The van der Waals surface area contributed by atoms with E-state index < -0.39 is 0 Å². The molecular formula is C24H23FN4O3. The molecule has 3 aromatic rings. The summed E-state index contributed by atoms with van der Waals surface area (Å²) >= 11 is 0. The Morgan fingerprint density at radius 1 is 1.09 bits per heavy atom.